The van der Waals surface area contributed by atoms with Crippen molar-refractivity contribution in [3.8, 4) is 0 Å². The summed E-state index contributed by atoms with van der Waals surface area (Å²) >= 11 is 1.40. The molecule has 2 bridgehead atoms. The number of rotatable bonds is 3. The highest BCUT2D eigenvalue weighted by Gasteiger charge is 2.41. The molecule has 0 aliphatic carbocycles. The van der Waals surface area contributed by atoms with Crippen LogP contribution >= 0.6 is 11.8 Å². The Kier molecular flexibility index (Phi) is 5.26. The van der Waals surface area contributed by atoms with Crippen LogP contribution in [0.2, 0.25) is 0 Å². The first kappa shape index (κ1) is 22.4. The number of hydrogen-bond donors (Lipinski definition) is 1. The number of nitrogens with one attached hydrogen (secondary N) is 1. The van der Waals surface area contributed by atoms with Gasteiger partial charge in [0.25, 0.3) is 5.91 Å². The molecule has 2 atom stereocenters. The summed E-state index contributed by atoms with van der Waals surface area (Å²) in [7, 11) is 0. The molecule has 10 heteroatoms. The van der Waals surface area contributed by atoms with Crippen molar-refractivity contribution >= 4 is 39.8 Å². The number of aromatic nitrogens is 2. The lowest BCUT2D eigenvalue weighted by Gasteiger charge is -2.28. The predicted octanol–water partition coefficient (Wildman–Crippen LogP) is 4.43. The second kappa shape index (κ2) is 8.23. The van der Waals surface area contributed by atoms with Gasteiger partial charge in [0.15, 0.2) is 5.17 Å². The summed E-state index contributed by atoms with van der Waals surface area (Å²) in [6.45, 7) is 3.45. The number of aliphatic imine (C=N–C) groups is 1. The number of carbonyl (C=O) groups excluding carboxylic acids is 1. The van der Waals surface area contributed by atoms with E-state index in [2.05, 4.69) is 20.3 Å². The molecule has 4 heterocycles. The number of amidine groups is 1. The third kappa shape index (κ3) is 4.14. The fourth-order valence-corrected chi connectivity index (χ4v) is 6.04. The Morgan fingerprint density at radius 1 is 1.23 bits per heavy atom. The zero-order valence-corrected chi connectivity index (χ0v) is 19.7. The monoisotopic (exact) mass is 497 g/mol. The van der Waals surface area contributed by atoms with Gasteiger partial charge < -0.3 is 10.2 Å². The molecule has 1 amide bonds. The third-order valence-corrected chi connectivity index (χ3v) is 7.79. The first-order chi connectivity index (χ1) is 16.7. The van der Waals surface area contributed by atoms with E-state index in [1.807, 2.05) is 24.3 Å². The molecule has 0 radical (unpaired) electrons. The van der Waals surface area contributed by atoms with Crippen LogP contribution in [0.25, 0.3) is 17.0 Å². The molecule has 180 valence electrons. The van der Waals surface area contributed by atoms with Gasteiger partial charge in [-0.15, -0.1) is 0 Å². The molecule has 1 N–H and O–H groups in total. The summed E-state index contributed by atoms with van der Waals surface area (Å²) in [5, 5.41) is 9.34. The molecular formula is C25H22F3N5OS. The van der Waals surface area contributed by atoms with Gasteiger partial charge in [0.2, 0.25) is 0 Å². The molecule has 0 unspecified atom stereocenters. The normalized spacial score (nSPS) is 23.2. The van der Waals surface area contributed by atoms with Crippen LogP contribution in [-0.2, 0) is 17.5 Å². The average molecular weight is 498 g/mol. The quantitative estimate of drug-likeness (QED) is 0.543. The van der Waals surface area contributed by atoms with E-state index in [-0.39, 0.29) is 18.0 Å². The van der Waals surface area contributed by atoms with Crippen LogP contribution in [-0.4, -0.2) is 50.9 Å². The Labute approximate surface area is 203 Å². The maximum absolute atomic E-state index is 13.5. The number of aryl methyl sites for hydroxylation is 1. The highest BCUT2D eigenvalue weighted by atomic mass is 32.2. The van der Waals surface area contributed by atoms with E-state index in [4.69, 9.17) is 0 Å². The molecule has 3 aromatic rings. The van der Waals surface area contributed by atoms with Gasteiger partial charge in [0.05, 0.1) is 28.7 Å². The number of halogens is 3. The van der Waals surface area contributed by atoms with Crippen LogP contribution in [0, 0.1) is 6.92 Å². The molecule has 2 fully saturated rings. The number of alkyl halides is 3. The zero-order chi connectivity index (χ0) is 24.3. The largest absolute Gasteiger partial charge is 0.416 e. The van der Waals surface area contributed by atoms with E-state index in [0.29, 0.717) is 22.6 Å². The highest BCUT2D eigenvalue weighted by molar-refractivity contribution is 8.18. The standard InChI is InChI=1S/C25H22F3N5OS/c1-14-2-4-16(20(6-14)25(26,27)28)12-33-21-5-3-15(7-17(21)10-30-33)8-22-23(34)31-24(35-22)32-13-18-9-19(32)11-29-18/h2-8,10,18-19,29H,9,11-13H2,1H3/b22-8-/t18-,19-/m0/s1. The molecule has 6 nitrogen and oxygen atoms in total. The third-order valence-electron chi connectivity index (χ3n) is 6.77. The Balaban J connectivity index is 1.23. The van der Waals surface area contributed by atoms with E-state index in [1.165, 1.54) is 23.9 Å². The van der Waals surface area contributed by atoms with Gasteiger partial charge >= 0.3 is 6.18 Å². The van der Waals surface area contributed by atoms with Crippen molar-refractivity contribution in [2.45, 2.75) is 38.1 Å². The lowest BCUT2D eigenvalue weighted by molar-refractivity contribution is -0.138. The van der Waals surface area contributed by atoms with Crippen molar-refractivity contribution in [1.82, 2.24) is 20.0 Å². The zero-order valence-electron chi connectivity index (χ0n) is 18.8. The molecule has 2 aromatic carbocycles. The molecular weight excluding hydrogens is 475 g/mol. The maximum atomic E-state index is 13.5. The van der Waals surface area contributed by atoms with Crippen molar-refractivity contribution < 1.29 is 18.0 Å². The minimum absolute atomic E-state index is 0.0114. The number of benzene rings is 2. The summed E-state index contributed by atoms with van der Waals surface area (Å²) in [6.07, 6.45) is 0.106. The van der Waals surface area contributed by atoms with Crippen LogP contribution in [0.5, 0.6) is 0 Å². The number of piperazine rings is 1. The topological polar surface area (TPSA) is 62.5 Å². The van der Waals surface area contributed by atoms with Gasteiger partial charge in [-0.1, -0.05) is 23.8 Å². The van der Waals surface area contributed by atoms with E-state index in [9.17, 15) is 18.0 Å². The summed E-state index contributed by atoms with van der Waals surface area (Å²) in [5.41, 5.74) is 1.63. The van der Waals surface area contributed by atoms with Crippen LogP contribution in [0.1, 0.15) is 28.7 Å². The van der Waals surface area contributed by atoms with Crippen molar-refractivity contribution in [2.75, 3.05) is 13.1 Å². The highest BCUT2D eigenvalue weighted by Crippen LogP contribution is 2.36. The molecule has 3 aliphatic rings. The number of fused-ring (bicyclic) bond motifs is 3. The minimum atomic E-state index is -4.43. The first-order valence-corrected chi connectivity index (χ1v) is 12.2. The Bertz CT molecular complexity index is 1410. The van der Waals surface area contributed by atoms with Crippen LogP contribution < -0.4 is 5.32 Å². The first-order valence-electron chi connectivity index (χ1n) is 11.4. The summed E-state index contributed by atoms with van der Waals surface area (Å²) in [6, 6.07) is 10.8. The fraction of sp³-hybridized carbons (Fsp3) is 0.320. The van der Waals surface area contributed by atoms with Gasteiger partial charge in [-0.2, -0.15) is 23.3 Å². The molecule has 35 heavy (non-hydrogen) atoms. The maximum Gasteiger partial charge on any atom is 0.416 e. The number of amides is 1. The average Bonchev–Trinajstić information content (AvgIpc) is 3.59. The van der Waals surface area contributed by atoms with Gasteiger partial charge in [-0.05, 0) is 60.5 Å². The number of carbonyl (C=O) groups is 1. The minimum Gasteiger partial charge on any atom is -0.345 e. The van der Waals surface area contributed by atoms with Crippen molar-refractivity contribution in [3.05, 3.63) is 69.8 Å². The molecule has 0 spiro atoms. The second-order valence-corrected chi connectivity index (χ2v) is 10.2. The Morgan fingerprint density at radius 3 is 2.83 bits per heavy atom. The van der Waals surface area contributed by atoms with E-state index in [1.54, 1.807) is 23.9 Å². The second-order valence-electron chi connectivity index (χ2n) is 9.24. The number of nitrogens with zero attached hydrogens (tertiary/aromatic N) is 4. The molecule has 2 saturated heterocycles. The SMILES string of the molecule is Cc1ccc(Cn2ncc3cc(/C=C4\SC(N5C[C@@H]6C[C@H]5CN6)=NC4=O)ccc32)c(C(F)(F)F)c1. The Hall–Kier alpha value is -3.11. The number of thioether (sulfide) groups is 1. The molecule has 1 aromatic heterocycles. The van der Waals surface area contributed by atoms with Gasteiger partial charge in [-0.25, -0.2) is 0 Å². The lowest BCUT2D eigenvalue weighted by atomic mass is 10.0. The van der Waals surface area contributed by atoms with Crippen molar-refractivity contribution in [3.63, 3.8) is 0 Å². The molecule has 6 rings (SSSR count). The van der Waals surface area contributed by atoms with Crippen molar-refractivity contribution in [1.29, 1.82) is 0 Å². The van der Waals surface area contributed by atoms with E-state index >= 15 is 0 Å². The van der Waals surface area contributed by atoms with Gasteiger partial charge in [0, 0.05) is 30.6 Å². The van der Waals surface area contributed by atoms with Gasteiger partial charge in [0.1, 0.15) is 0 Å². The number of hydrogen-bond acceptors (Lipinski definition) is 5. The summed E-state index contributed by atoms with van der Waals surface area (Å²) < 4.78 is 42.2. The fourth-order valence-electron chi connectivity index (χ4n) is 5.04. The number of likely N-dealkylation sites (tertiary alicyclic amines) is 1. The predicted molar refractivity (Wildman–Crippen MR) is 130 cm³/mol. The summed E-state index contributed by atoms with van der Waals surface area (Å²) in [5.74, 6) is -0.240. The molecule has 0 saturated carbocycles. The van der Waals surface area contributed by atoms with Crippen LogP contribution in [0.15, 0.2) is 52.5 Å². The van der Waals surface area contributed by atoms with Gasteiger partial charge in [-0.3, -0.25) is 9.48 Å². The smallest absolute Gasteiger partial charge is 0.345 e. The van der Waals surface area contributed by atoms with Crippen LogP contribution in [0.3, 0.4) is 0 Å². The van der Waals surface area contributed by atoms with E-state index in [0.717, 1.165) is 41.1 Å². The van der Waals surface area contributed by atoms with E-state index < -0.39 is 11.7 Å². The lowest BCUT2D eigenvalue weighted by Crippen LogP contribution is -2.45. The molecule has 3 aliphatic heterocycles. The van der Waals surface area contributed by atoms with Crippen molar-refractivity contribution in [2.24, 2.45) is 4.99 Å². The summed E-state index contributed by atoms with van der Waals surface area (Å²) in [4.78, 5) is 19.6. The van der Waals surface area contributed by atoms with Crippen LogP contribution in [0.4, 0.5) is 13.2 Å². The Morgan fingerprint density at radius 2 is 2.09 bits per heavy atom.